The van der Waals surface area contributed by atoms with Crippen LogP contribution in [0.2, 0.25) is 0 Å². The van der Waals surface area contributed by atoms with Gasteiger partial charge in [0.1, 0.15) is 5.75 Å². The molecule has 0 aliphatic heterocycles. The number of nitrogens with two attached hydrogens (primary N) is 1. The molecule has 1 rings (SSSR count). The molecule has 0 aliphatic rings. The molecule has 1 unspecified atom stereocenters. The van der Waals surface area contributed by atoms with Gasteiger partial charge in [-0.3, -0.25) is 0 Å². The molecule has 2 nitrogen and oxygen atoms in total. The van der Waals surface area contributed by atoms with Crippen molar-refractivity contribution in [2.75, 3.05) is 7.11 Å². The topological polar surface area (TPSA) is 35.2 Å². The molecule has 16 heavy (non-hydrogen) atoms. The van der Waals surface area contributed by atoms with Gasteiger partial charge in [-0.15, -0.1) is 0 Å². The molecule has 1 atom stereocenters. The number of hydrogen-bond acceptors (Lipinski definition) is 2. The first-order valence-electron chi connectivity index (χ1n) is 5.62. The predicted molar refractivity (Wildman–Crippen MR) is 71.8 cm³/mol. The third-order valence-corrected chi connectivity index (χ3v) is 3.63. The van der Waals surface area contributed by atoms with Gasteiger partial charge in [0.2, 0.25) is 0 Å². The van der Waals surface area contributed by atoms with Crippen LogP contribution in [-0.2, 0) is 6.42 Å². The van der Waals surface area contributed by atoms with Gasteiger partial charge in [-0.05, 0) is 42.5 Å². The van der Waals surface area contributed by atoms with Gasteiger partial charge >= 0.3 is 0 Å². The van der Waals surface area contributed by atoms with Crippen molar-refractivity contribution in [3.8, 4) is 5.75 Å². The van der Waals surface area contributed by atoms with Crippen LogP contribution in [0.15, 0.2) is 22.7 Å². The van der Waals surface area contributed by atoms with Crippen LogP contribution in [0.5, 0.6) is 5.75 Å². The Morgan fingerprint density at radius 1 is 1.38 bits per heavy atom. The summed E-state index contributed by atoms with van der Waals surface area (Å²) in [5, 5.41) is 0. The van der Waals surface area contributed by atoms with Crippen molar-refractivity contribution in [2.45, 2.75) is 32.7 Å². The van der Waals surface area contributed by atoms with E-state index < -0.39 is 0 Å². The van der Waals surface area contributed by atoms with Crippen molar-refractivity contribution in [1.82, 2.24) is 0 Å². The third-order valence-electron chi connectivity index (χ3n) is 2.86. The van der Waals surface area contributed by atoms with Crippen LogP contribution in [0.25, 0.3) is 0 Å². The lowest BCUT2D eigenvalue weighted by Gasteiger charge is -2.16. The summed E-state index contributed by atoms with van der Waals surface area (Å²) >= 11 is 3.55. The van der Waals surface area contributed by atoms with Gasteiger partial charge in [0.05, 0.1) is 7.11 Å². The Balaban J connectivity index is 2.65. The molecular formula is C13H20BrNO. The molecule has 3 heteroatoms. The van der Waals surface area contributed by atoms with Gasteiger partial charge in [-0.25, -0.2) is 0 Å². The Labute approximate surface area is 106 Å². The van der Waals surface area contributed by atoms with Gasteiger partial charge in [0, 0.05) is 10.5 Å². The third kappa shape index (κ3) is 3.80. The number of ether oxygens (including phenoxy) is 1. The van der Waals surface area contributed by atoms with Crippen molar-refractivity contribution in [3.05, 3.63) is 28.2 Å². The first-order chi connectivity index (χ1) is 7.54. The highest BCUT2D eigenvalue weighted by Gasteiger charge is 2.09. The van der Waals surface area contributed by atoms with Crippen LogP contribution < -0.4 is 10.5 Å². The average Bonchev–Trinajstić information content (AvgIpc) is 2.27. The van der Waals surface area contributed by atoms with E-state index in [2.05, 4.69) is 35.8 Å². The molecule has 0 saturated heterocycles. The lowest BCUT2D eigenvalue weighted by atomic mass is 9.97. The zero-order chi connectivity index (χ0) is 12.1. The van der Waals surface area contributed by atoms with Crippen molar-refractivity contribution in [1.29, 1.82) is 0 Å². The summed E-state index contributed by atoms with van der Waals surface area (Å²) in [6.45, 7) is 4.32. The molecule has 0 aromatic heterocycles. The van der Waals surface area contributed by atoms with Crippen LogP contribution in [0, 0.1) is 5.92 Å². The Morgan fingerprint density at radius 3 is 2.62 bits per heavy atom. The molecule has 0 aliphatic carbocycles. The molecule has 0 bridgehead atoms. The van der Waals surface area contributed by atoms with Gasteiger partial charge in [-0.1, -0.05) is 29.8 Å². The lowest BCUT2D eigenvalue weighted by Crippen LogP contribution is -2.26. The number of halogens is 1. The zero-order valence-electron chi connectivity index (χ0n) is 10.2. The van der Waals surface area contributed by atoms with Gasteiger partial charge < -0.3 is 10.5 Å². The average molecular weight is 286 g/mol. The number of hydrogen-bond donors (Lipinski definition) is 1. The highest BCUT2D eigenvalue weighted by molar-refractivity contribution is 9.10. The fourth-order valence-corrected chi connectivity index (χ4v) is 1.97. The number of benzene rings is 1. The first kappa shape index (κ1) is 13.5. The monoisotopic (exact) mass is 285 g/mol. The lowest BCUT2D eigenvalue weighted by molar-refractivity contribution is 0.413. The Hall–Kier alpha value is -0.540. The SMILES string of the molecule is COc1ccc(Br)c(CCC(N)C(C)C)c1. The summed E-state index contributed by atoms with van der Waals surface area (Å²) in [4.78, 5) is 0. The molecule has 0 saturated carbocycles. The molecule has 0 fully saturated rings. The van der Waals surface area contributed by atoms with E-state index >= 15 is 0 Å². The maximum absolute atomic E-state index is 6.04. The van der Waals surface area contributed by atoms with E-state index in [1.165, 1.54) is 5.56 Å². The van der Waals surface area contributed by atoms with E-state index in [1.807, 2.05) is 12.1 Å². The molecule has 0 heterocycles. The molecular weight excluding hydrogens is 266 g/mol. The van der Waals surface area contributed by atoms with Gasteiger partial charge in [0.15, 0.2) is 0 Å². The van der Waals surface area contributed by atoms with Crippen molar-refractivity contribution < 1.29 is 4.74 Å². The van der Waals surface area contributed by atoms with Crippen molar-refractivity contribution in [2.24, 2.45) is 11.7 Å². The van der Waals surface area contributed by atoms with Crippen LogP contribution >= 0.6 is 15.9 Å². The van der Waals surface area contributed by atoms with Gasteiger partial charge in [0.25, 0.3) is 0 Å². The van der Waals surface area contributed by atoms with E-state index in [0.717, 1.165) is 23.1 Å². The minimum Gasteiger partial charge on any atom is -0.497 e. The first-order valence-corrected chi connectivity index (χ1v) is 6.42. The van der Waals surface area contributed by atoms with Crippen LogP contribution in [-0.4, -0.2) is 13.2 Å². The van der Waals surface area contributed by atoms with E-state index in [0.29, 0.717) is 5.92 Å². The maximum atomic E-state index is 6.04. The predicted octanol–water partition coefficient (Wildman–Crippen LogP) is 3.37. The number of rotatable bonds is 5. The molecule has 0 spiro atoms. The van der Waals surface area contributed by atoms with Crippen molar-refractivity contribution in [3.63, 3.8) is 0 Å². The second kappa shape index (κ2) is 6.26. The van der Waals surface area contributed by atoms with Crippen LogP contribution in [0.1, 0.15) is 25.8 Å². The van der Waals surface area contributed by atoms with Crippen LogP contribution in [0.3, 0.4) is 0 Å². The highest BCUT2D eigenvalue weighted by atomic mass is 79.9. The Kier molecular flexibility index (Phi) is 5.29. The number of aryl methyl sites for hydroxylation is 1. The minimum atomic E-state index is 0.262. The molecule has 0 amide bonds. The molecule has 1 aromatic carbocycles. The van der Waals surface area contributed by atoms with Gasteiger partial charge in [-0.2, -0.15) is 0 Å². The Morgan fingerprint density at radius 2 is 2.06 bits per heavy atom. The summed E-state index contributed by atoms with van der Waals surface area (Å²) in [5.74, 6) is 1.43. The van der Waals surface area contributed by atoms with E-state index in [4.69, 9.17) is 10.5 Å². The smallest absolute Gasteiger partial charge is 0.119 e. The zero-order valence-corrected chi connectivity index (χ0v) is 11.8. The largest absolute Gasteiger partial charge is 0.497 e. The van der Waals surface area contributed by atoms with Crippen LogP contribution in [0.4, 0.5) is 0 Å². The summed E-state index contributed by atoms with van der Waals surface area (Å²) < 4.78 is 6.34. The maximum Gasteiger partial charge on any atom is 0.119 e. The normalized spacial score (nSPS) is 12.9. The second-order valence-corrected chi connectivity index (χ2v) is 5.26. The van der Waals surface area contributed by atoms with Crippen molar-refractivity contribution >= 4 is 15.9 Å². The van der Waals surface area contributed by atoms with E-state index in [1.54, 1.807) is 7.11 Å². The molecule has 90 valence electrons. The summed E-state index contributed by atoms with van der Waals surface area (Å²) in [7, 11) is 1.69. The highest BCUT2D eigenvalue weighted by Crippen LogP contribution is 2.24. The van der Waals surface area contributed by atoms with E-state index in [9.17, 15) is 0 Å². The standard InChI is InChI=1S/C13H20BrNO/c1-9(2)13(15)7-4-10-8-11(16-3)5-6-12(10)14/h5-6,8-9,13H,4,7,15H2,1-3H3. The minimum absolute atomic E-state index is 0.262. The molecule has 0 radical (unpaired) electrons. The van der Waals surface area contributed by atoms with E-state index in [-0.39, 0.29) is 6.04 Å². The summed E-state index contributed by atoms with van der Waals surface area (Å²) in [5.41, 5.74) is 7.30. The molecule has 1 aromatic rings. The Bertz CT molecular complexity index is 339. The summed E-state index contributed by atoms with van der Waals surface area (Å²) in [6.07, 6.45) is 1.99. The fraction of sp³-hybridized carbons (Fsp3) is 0.538. The fourth-order valence-electron chi connectivity index (χ4n) is 1.53. The molecule has 2 N–H and O–H groups in total. The number of methoxy groups -OCH3 is 1. The summed E-state index contributed by atoms with van der Waals surface area (Å²) in [6, 6.07) is 6.31. The second-order valence-electron chi connectivity index (χ2n) is 4.40. The quantitative estimate of drug-likeness (QED) is 0.900.